The number of fused-ring (bicyclic) bond motifs is 1. The SMILES string of the molecule is Cn1nc(CN(C(=O)C=Cc2ccccc2Cl)C2CCCC2)c2c1CCC2. The Morgan fingerprint density at radius 2 is 2.04 bits per heavy atom. The first-order chi connectivity index (χ1) is 13.1. The van der Waals surface area contributed by atoms with E-state index in [4.69, 9.17) is 16.7 Å². The van der Waals surface area contributed by atoms with E-state index in [1.165, 1.54) is 30.5 Å². The summed E-state index contributed by atoms with van der Waals surface area (Å²) >= 11 is 6.22. The van der Waals surface area contributed by atoms with E-state index in [-0.39, 0.29) is 5.91 Å². The number of amides is 1. The van der Waals surface area contributed by atoms with Crippen LogP contribution in [0.15, 0.2) is 30.3 Å². The number of halogens is 1. The van der Waals surface area contributed by atoms with Gasteiger partial charge >= 0.3 is 0 Å². The third kappa shape index (κ3) is 3.81. The minimum atomic E-state index is 0.0548. The number of benzene rings is 1. The van der Waals surface area contributed by atoms with Crippen LogP contribution in [0.4, 0.5) is 0 Å². The van der Waals surface area contributed by atoms with Gasteiger partial charge in [-0.15, -0.1) is 0 Å². The first-order valence-electron chi connectivity index (χ1n) is 9.90. The van der Waals surface area contributed by atoms with Gasteiger partial charge in [0.1, 0.15) is 0 Å². The molecule has 1 aromatic carbocycles. The van der Waals surface area contributed by atoms with Crippen molar-refractivity contribution in [3.63, 3.8) is 0 Å². The largest absolute Gasteiger partial charge is 0.330 e. The Morgan fingerprint density at radius 1 is 1.26 bits per heavy atom. The van der Waals surface area contributed by atoms with Crippen molar-refractivity contribution in [1.29, 1.82) is 0 Å². The van der Waals surface area contributed by atoms with Crippen LogP contribution in [-0.2, 0) is 31.2 Å². The normalized spacial score (nSPS) is 17.0. The van der Waals surface area contributed by atoms with Crippen LogP contribution in [0.25, 0.3) is 6.08 Å². The summed E-state index contributed by atoms with van der Waals surface area (Å²) in [4.78, 5) is 15.1. The molecule has 0 aliphatic heterocycles. The Morgan fingerprint density at radius 3 is 2.81 bits per heavy atom. The minimum absolute atomic E-state index is 0.0548. The molecule has 5 heteroatoms. The lowest BCUT2D eigenvalue weighted by Crippen LogP contribution is -2.37. The van der Waals surface area contributed by atoms with Crippen LogP contribution in [0.1, 0.15) is 54.6 Å². The third-order valence-corrected chi connectivity index (χ3v) is 6.22. The Kier molecular flexibility index (Phi) is 5.35. The molecule has 4 rings (SSSR count). The summed E-state index contributed by atoms with van der Waals surface area (Å²) in [6.07, 6.45) is 11.4. The van der Waals surface area contributed by atoms with Crippen molar-refractivity contribution in [2.24, 2.45) is 7.05 Å². The fourth-order valence-electron chi connectivity index (χ4n) is 4.46. The maximum atomic E-state index is 13.1. The average molecular weight is 384 g/mol. The van der Waals surface area contributed by atoms with Crippen LogP contribution < -0.4 is 0 Å². The number of aromatic nitrogens is 2. The molecular formula is C22H26ClN3O. The van der Waals surface area contributed by atoms with Crippen LogP contribution in [0, 0.1) is 0 Å². The number of rotatable bonds is 5. The lowest BCUT2D eigenvalue weighted by molar-refractivity contribution is -0.128. The maximum Gasteiger partial charge on any atom is 0.247 e. The quantitative estimate of drug-likeness (QED) is 0.710. The first-order valence-corrected chi connectivity index (χ1v) is 10.3. The standard InChI is InChI=1S/C22H26ClN3O/c1-25-21-12-6-10-18(21)20(24-25)15-26(17-8-3-4-9-17)22(27)14-13-16-7-2-5-11-19(16)23/h2,5,7,11,13-14,17H,3-4,6,8-10,12,15H2,1H3. The number of aryl methyl sites for hydroxylation is 1. The van der Waals surface area contributed by atoms with E-state index in [2.05, 4.69) is 0 Å². The van der Waals surface area contributed by atoms with Crippen molar-refractivity contribution in [3.05, 3.63) is 57.9 Å². The van der Waals surface area contributed by atoms with Crippen molar-refractivity contribution in [2.45, 2.75) is 57.5 Å². The number of hydrogen-bond donors (Lipinski definition) is 0. The molecule has 1 saturated carbocycles. The Labute approximate surface area is 165 Å². The van der Waals surface area contributed by atoms with Gasteiger partial charge in [-0.05, 0) is 55.4 Å². The molecule has 4 nitrogen and oxygen atoms in total. The zero-order valence-corrected chi connectivity index (χ0v) is 16.6. The second kappa shape index (κ2) is 7.89. The molecule has 142 valence electrons. The van der Waals surface area contributed by atoms with E-state index < -0.39 is 0 Å². The van der Waals surface area contributed by atoms with Gasteiger partial charge in [-0.2, -0.15) is 5.10 Å². The molecule has 1 heterocycles. The van der Waals surface area contributed by atoms with E-state index >= 15 is 0 Å². The molecule has 0 spiro atoms. The Hall–Kier alpha value is -2.07. The summed E-state index contributed by atoms with van der Waals surface area (Å²) in [5.41, 5.74) is 4.66. The van der Waals surface area contributed by atoms with E-state index in [0.29, 0.717) is 17.6 Å². The lowest BCUT2D eigenvalue weighted by Gasteiger charge is -2.27. The summed E-state index contributed by atoms with van der Waals surface area (Å²) in [5, 5.41) is 5.40. The van der Waals surface area contributed by atoms with Gasteiger partial charge in [0.25, 0.3) is 0 Å². The number of nitrogens with zero attached hydrogens (tertiary/aromatic N) is 3. The van der Waals surface area contributed by atoms with E-state index in [9.17, 15) is 4.79 Å². The minimum Gasteiger partial charge on any atom is -0.330 e. The third-order valence-electron chi connectivity index (χ3n) is 5.88. The average Bonchev–Trinajstić information content (AvgIpc) is 3.39. The summed E-state index contributed by atoms with van der Waals surface area (Å²) in [7, 11) is 2.02. The summed E-state index contributed by atoms with van der Waals surface area (Å²) in [6, 6.07) is 7.91. The van der Waals surface area contributed by atoms with Gasteiger partial charge in [0.15, 0.2) is 0 Å². The zero-order chi connectivity index (χ0) is 18.8. The second-order valence-electron chi connectivity index (χ2n) is 7.61. The second-order valence-corrected chi connectivity index (χ2v) is 8.02. The lowest BCUT2D eigenvalue weighted by atomic mass is 10.1. The topological polar surface area (TPSA) is 38.1 Å². The first kappa shape index (κ1) is 18.3. The van der Waals surface area contributed by atoms with E-state index in [1.807, 2.05) is 47.0 Å². The molecule has 2 aromatic rings. The highest BCUT2D eigenvalue weighted by Gasteiger charge is 2.29. The van der Waals surface area contributed by atoms with E-state index in [0.717, 1.165) is 36.9 Å². The van der Waals surface area contributed by atoms with Gasteiger partial charge in [-0.1, -0.05) is 42.6 Å². The van der Waals surface area contributed by atoms with Crippen LogP contribution in [0.2, 0.25) is 5.02 Å². The molecule has 1 aromatic heterocycles. The number of carbonyl (C=O) groups is 1. The highest BCUT2D eigenvalue weighted by atomic mass is 35.5. The molecule has 1 fully saturated rings. The monoisotopic (exact) mass is 383 g/mol. The molecule has 0 radical (unpaired) electrons. The summed E-state index contributed by atoms with van der Waals surface area (Å²) in [5.74, 6) is 0.0548. The molecule has 27 heavy (non-hydrogen) atoms. The number of hydrogen-bond acceptors (Lipinski definition) is 2. The van der Waals surface area contributed by atoms with Crippen molar-refractivity contribution >= 4 is 23.6 Å². The molecule has 0 unspecified atom stereocenters. The van der Waals surface area contributed by atoms with Gasteiger partial charge < -0.3 is 4.90 Å². The number of carbonyl (C=O) groups excluding carboxylic acids is 1. The fraction of sp³-hybridized carbons (Fsp3) is 0.455. The molecule has 1 amide bonds. The molecule has 0 saturated heterocycles. The molecule has 2 aliphatic rings. The smallest absolute Gasteiger partial charge is 0.247 e. The van der Waals surface area contributed by atoms with Crippen molar-refractivity contribution in [3.8, 4) is 0 Å². The Bertz CT molecular complexity index is 864. The van der Waals surface area contributed by atoms with Gasteiger partial charge in [0.2, 0.25) is 5.91 Å². The van der Waals surface area contributed by atoms with Crippen LogP contribution in [-0.4, -0.2) is 26.6 Å². The van der Waals surface area contributed by atoms with Crippen LogP contribution in [0.3, 0.4) is 0 Å². The van der Waals surface area contributed by atoms with Crippen molar-refractivity contribution in [1.82, 2.24) is 14.7 Å². The molecule has 0 atom stereocenters. The van der Waals surface area contributed by atoms with Gasteiger partial charge in [0.05, 0.1) is 12.2 Å². The molecule has 0 bridgehead atoms. The van der Waals surface area contributed by atoms with E-state index in [1.54, 1.807) is 6.08 Å². The fourth-order valence-corrected chi connectivity index (χ4v) is 4.65. The molecule has 0 N–H and O–H groups in total. The van der Waals surface area contributed by atoms with Gasteiger partial charge in [-0.25, -0.2) is 0 Å². The predicted molar refractivity (Wildman–Crippen MR) is 109 cm³/mol. The molecule has 2 aliphatic carbocycles. The zero-order valence-electron chi connectivity index (χ0n) is 15.8. The summed E-state index contributed by atoms with van der Waals surface area (Å²) in [6.45, 7) is 0.611. The molecular weight excluding hydrogens is 358 g/mol. The van der Waals surface area contributed by atoms with Gasteiger partial charge in [-0.3, -0.25) is 9.48 Å². The highest BCUT2D eigenvalue weighted by molar-refractivity contribution is 6.32. The predicted octanol–water partition coefficient (Wildman–Crippen LogP) is 4.55. The van der Waals surface area contributed by atoms with Crippen molar-refractivity contribution in [2.75, 3.05) is 0 Å². The van der Waals surface area contributed by atoms with Crippen LogP contribution in [0.5, 0.6) is 0 Å². The summed E-state index contributed by atoms with van der Waals surface area (Å²) < 4.78 is 2.01. The van der Waals surface area contributed by atoms with Crippen molar-refractivity contribution < 1.29 is 4.79 Å². The van der Waals surface area contributed by atoms with Crippen LogP contribution >= 0.6 is 11.6 Å². The highest BCUT2D eigenvalue weighted by Crippen LogP contribution is 2.29. The Balaban J connectivity index is 1.57. The van der Waals surface area contributed by atoms with Gasteiger partial charge in [0, 0.05) is 29.9 Å². The maximum absolute atomic E-state index is 13.1.